The highest BCUT2D eigenvalue weighted by Crippen LogP contribution is 2.28. The highest BCUT2D eigenvalue weighted by molar-refractivity contribution is 7.89. The first kappa shape index (κ1) is 22.6. The monoisotopic (exact) mass is 458 g/mol. The van der Waals surface area contributed by atoms with Crippen LogP contribution in [0.1, 0.15) is 22.6 Å². The van der Waals surface area contributed by atoms with Crippen LogP contribution >= 0.6 is 11.3 Å². The summed E-state index contributed by atoms with van der Waals surface area (Å²) in [5.41, 5.74) is 0. The van der Waals surface area contributed by atoms with Gasteiger partial charge in [0.05, 0.1) is 11.5 Å². The van der Waals surface area contributed by atoms with Gasteiger partial charge in [0.2, 0.25) is 15.9 Å². The number of ether oxygens (including phenoxy) is 1. The zero-order valence-corrected chi connectivity index (χ0v) is 18.5. The average molecular weight is 459 g/mol. The van der Waals surface area contributed by atoms with Crippen LogP contribution in [-0.2, 0) is 14.8 Å². The fourth-order valence-electron chi connectivity index (χ4n) is 3.34. The summed E-state index contributed by atoms with van der Waals surface area (Å²) < 4.78 is 58.8. The molecule has 164 valence electrons. The number of piperazine rings is 1. The number of aryl methyl sites for hydroxylation is 2. The number of hydrogen-bond acceptors (Lipinski definition) is 5. The molecule has 0 bridgehead atoms. The number of hydrogen-bond donors (Lipinski definition) is 0. The smallest absolute Gasteiger partial charge is 0.244 e. The third-order valence-electron chi connectivity index (χ3n) is 4.89. The zero-order chi connectivity index (χ0) is 21.9. The number of carbonyl (C=O) groups is 1. The fraction of sp³-hybridized carbons (Fsp3) is 0.450. The lowest BCUT2D eigenvalue weighted by Gasteiger charge is -2.34. The standard InChI is InChI=1S/C20H24F2N2O4S2/c1-14-12-19(15(2)29-14)30(26,27)24-9-7-23(8-10-24)20(25)4-3-11-28-18-6-5-16(21)13-17(18)22/h5-6,12-13H,3-4,7-11H2,1-2H3. The largest absolute Gasteiger partial charge is 0.491 e. The molecule has 1 aliphatic heterocycles. The van der Waals surface area contributed by atoms with Gasteiger partial charge in [-0.2, -0.15) is 4.31 Å². The van der Waals surface area contributed by atoms with Crippen molar-refractivity contribution in [1.29, 1.82) is 0 Å². The number of benzene rings is 1. The molecule has 1 saturated heterocycles. The van der Waals surface area contributed by atoms with E-state index in [0.717, 1.165) is 21.9 Å². The second-order valence-corrected chi connectivity index (χ2v) is 10.5. The maximum absolute atomic E-state index is 13.5. The molecular formula is C20H24F2N2O4S2. The van der Waals surface area contributed by atoms with E-state index in [4.69, 9.17) is 4.74 Å². The van der Waals surface area contributed by atoms with Crippen LogP contribution in [0.15, 0.2) is 29.2 Å². The van der Waals surface area contributed by atoms with Crippen LogP contribution in [0.3, 0.4) is 0 Å². The first-order chi connectivity index (χ1) is 14.2. The maximum Gasteiger partial charge on any atom is 0.244 e. The molecule has 0 N–H and O–H groups in total. The van der Waals surface area contributed by atoms with E-state index in [1.54, 1.807) is 17.9 Å². The summed E-state index contributed by atoms with van der Waals surface area (Å²) in [5.74, 6) is -1.62. The molecular weight excluding hydrogens is 434 g/mol. The summed E-state index contributed by atoms with van der Waals surface area (Å²) in [6, 6.07) is 4.75. The van der Waals surface area contributed by atoms with Crippen LogP contribution in [0.5, 0.6) is 5.75 Å². The van der Waals surface area contributed by atoms with Crippen LogP contribution < -0.4 is 4.74 Å². The minimum absolute atomic E-state index is 0.0540. The van der Waals surface area contributed by atoms with Gasteiger partial charge in [-0.15, -0.1) is 11.3 Å². The van der Waals surface area contributed by atoms with Crippen LogP contribution in [0, 0.1) is 25.5 Å². The second kappa shape index (κ2) is 9.40. The molecule has 0 unspecified atom stereocenters. The number of carbonyl (C=O) groups excluding carboxylic acids is 1. The molecule has 0 radical (unpaired) electrons. The third kappa shape index (κ3) is 5.16. The highest BCUT2D eigenvalue weighted by atomic mass is 32.2. The van der Waals surface area contributed by atoms with E-state index in [2.05, 4.69) is 0 Å². The minimum atomic E-state index is -3.56. The van der Waals surface area contributed by atoms with Crippen molar-refractivity contribution in [3.05, 3.63) is 45.7 Å². The van der Waals surface area contributed by atoms with Gasteiger partial charge in [0.25, 0.3) is 0 Å². The number of halogens is 2. The maximum atomic E-state index is 13.5. The number of amides is 1. The highest BCUT2D eigenvalue weighted by Gasteiger charge is 2.31. The van der Waals surface area contributed by atoms with Gasteiger partial charge in [-0.3, -0.25) is 4.79 Å². The number of nitrogens with zero attached hydrogens (tertiary/aromatic N) is 2. The fourth-order valence-corrected chi connectivity index (χ4v) is 6.28. The summed E-state index contributed by atoms with van der Waals surface area (Å²) >= 11 is 1.45. The number of thiophene rings is 1. The van der Waals surface area contributed by atoms with Gasteiger partial charge >= 0.3 is 0 Å². The first-order valence-electron chi connectivity index (χ1n) is 9.61. The lowest BCUT2D eigenvalue weighted by molar-refractivity contribution is -0.132. The lowest BCUT2D eigenvalue weighted by atomic mass is 10.2. The van der Waals surface area contributed by atoms with E-state index < -0.39 is 21.7 Å². The predicted molar refractivity (Wildman–Crippen MR) is 110 cm³/mol. The van der Waals surface area contributed by atoms with Gasteiger partial charge in [0.1, 0.15) is 5.82 Å². The Labute approximate surface area is 179 Å². The summed E-state index contributed by atoms with van der Waals surface area (Å²) in [6.45, 7) is 4.95. The summed E-state index contributed by atoms with van der Waals surface area (Å²) in [7, 11) is -3.56. The molecule has 1 fully saturated rings. The van der Waals surface area contributed by atoms with E-state index in [1.807, 2.05) is 6.92 Å². The zero-order valence-electron chi connectivity index (χ0n) is 16.9. The van der Waals surface area contributed by atoms with Crippen LogP contribution in [0.25, 0.3) is 0 Å². The molecule has 10 heteroatoms. The van der Waals surface area contributed by atoms with E-state index in [1.165, 1.54) is 21.7 Å². The number of sulfonamides is 1. The van der Waals surface area contributed by atoms with Gasteiger partial charge < -0.3 is 9.64 Å². The summed E-state index contributed by atoms with van der Waals surface area (Å²) in [5, 5.41) is 0. The van der Waals surface area contributed by atoms with Crippen molar-refractivity contribution in [2.45, 2.75) is 31.6 Å². The Morgan fingerprint density at radius 2 is 1.83 bits per heavy atom. The molecule has 0 spiro atoms. The van der Waals surface area contributed by atoms with Gasteiger partial charge in [0, 0.05) is 48.4 Å². The Bertz CT molecular complexity index is 1020. The molecule has 1 aromatic carbocycles. The van der Waals surface area contributed by atoms with Gasteiger partial charge in [-0.1, -0.05) is 0 Å². The Hall–Kier alpha value is -2.04. The van der Waals surface area contributed by atoms with Crippen molar-refractivity contribution in [2.24, 2.45) is 0 Å². The molecule has 2 aromatic rings. The Morgan fingerprint density at radius 1 is 1.13 bits per heavy atom. The second-order valence-electron chi connectivity index (χ2n) is 7.09. The van der Waals surface area contributed by atoms with Crippen LogP contribution in [-0.4, -0.2) is 56.3 Å². The first-order valence-corrected chi connectivity index (χ1v) is 11.9. The predicted octanol–water partition coefficient (Wildman–Crippen LogP) is 3.34. The molecule has 0 atom stereocenters. The Kier molecular flexibility index (Phi) is 7.10. The van der Waals surface area contributed by atoms with Gasteiger partial charge in [-0.25, -0.2) is 17.2 Å². The molecule has 1 aromatic heterocycles. The minimum Gasteiger partial charge on any atom is -0.491 e. The normalized spacial score (nSPS) is 15.4. The molecule has 0 saturated carbocycles. The van der Waals surface area contributed by atoms with Crippen molar-refractivity contribution in [1.82, 2.24) is 9.21 Å². The van der Waals surface area contributed by atoms with E-state index in [-0.39, 0.29) is 37.8 Å². The van der Waals surface area contributed by atoms with Crippen LogP contribution in [0.2, 0.25) is 0 Å². The average Bonchev–Trinajstić information content (AvgIpc) is 3.05. The van der Waals surface area contributed by atoms with Gasteiger partial charge in [0.15, 0.2) is 11.6 Å². The van der Waals surface area contributed by atoms with Crippen molar-refractivity contribution in [3.63, 3.8) is 0 Å². The quantitative estimate of drug-likeness (QED) is 0.597. The van der Waals surface area contributed by atoms with Crippen molar-refractivity contribution in [2.75, 3.05) is 32.8 Å². The summed E-state index contributed by atoms with van der Waals surface area (Å²) in [6.07, 6.45) is 0.583. The molecule has 0 aliphatic carbocycles. The molecule has 1 amide bonds. The van der Waals surface area contributed by atoms with Crippen LogP contribution in [0.4, 0.5) is 8.78 Å². The van der Waals surface area contributed by atoms with E-state index >= 15 is 0 Å². The Balaban J connectivity index is 1.45. The summed E-state index contributed by atoms with van der Waals surface area (Å²) in [4.78, 5) is 16.1. The van der Waals surface area contributed by atoms with Crippen molar-refractivity contribution >= 4 is 27.3 Å². The Morgan fingerprint density at radius 3 is 2.43 bits per heavy atom. The molecule has 3 rings (SSSR count). The molecule has 1 aliphatic rings. The SMILES string of the molecule is Cc1cc(S(=O)(=O)N2CCN(C(=O)CCCOc3ccc(F)cc3F)CC2)c(C)s1. The van der Waals surface area contributed by atoms with E-state index in [9.17, 15) is 22.0 Å². The van der Waals surface area contributed by atoms with E-state index in [0.29, 0.717) is 24.4 Å². The van der Waals surface area contributed by atoms with Gasteiger partial charge in [-0.05, 0) is 38.5 Å². The lowest BCUT2D eigenvalue weighted by Crippen LogP contribution is -2.50. The third-order valence-corrected chi connectivity index (χ3v) is 8.01. The van der Waals surface area contributed by atoms with Crippen molar-refractivity contribution in [3.8, 4) is 5.75 Å². The number of rotatable bonds is 7. The molecule has 2 heterocycles. The van der Waals surface area contributed by atoms with Crippen molar-refractivity contribution < 1.29 is 26.7 Å². The topological polar surface area (TPSA) is 66.9 Å². The molecule has 6 nitrogen and oxygen atoms in total. The molecule has 30 heavy (non-hydrogen) atoms.